The van der Waals surface area contributed by atoms with Crippen LogP contribution in [0.3, 0.4) is 0 Å². The van der Waals surface area contributed by atoms with Gasteiger partial charge in [-0.15, -0.1) is 0 Å². The summed E-state index contributed by atoms with van der Waals surface area (Å²) in [6, 6.07) is 3.52. The van der Waals surface area contributed by atoms with Crippen LogP contribution in [0.5, 0.6) is 17.2 Å². The number of hydrogen-bond acceptors (Lipinski definition) is 4. The van der Waals surface area contributed by atoms with Crippen LogP contribution >= 0.6 is 0 Å². The average molecular weight is 316 g/mol. The summed E-state index contributed by atoms with van der Waals surface area (Å²) in [5.41, 5.74) is 2.05. The van der Waals surface area contributed by atoms with Crippen molar-refractivity contribution in [1.82, 2.24) is 9.78 Å². The first-order valence-electron chi connectivity index (χ1n) is 8.15. The van der Waals surface area contributed by atoms with E-state index in [0.29, 0.717) is 23.7 Å². The lowest BCUT2D eigenvalue weighted by Gasteiger charge is -2.33. The van der Waals surface area contributed by atoms with Crippen molar-refractivity contribution < 1.29 is 14.6 Å². The highest BCUT2D eigenvalue weighted by atomic mass is 16.5. The molecule has 0 bridgehead atoms. The minimum absolute atomic E-state index is 0.161. The van der Waals surface area contributed by atoms with Crippen molar-refractivity contribution >= 4 is 0 Å². The Labute approximate surface area is 136 Å². The Hall–Kier alpha value is -2.17. The Kier molecular flexibility index (Phi) is 3.96. The number of benzene rings is 1. The number of fused-ring (bicyclic) bond motifs is 3. The Morgan fingerprint density at radius 2 is 2.09 bits per heavy atom. The lowest BCUT2D eigenvalue weighted by molar-refractivity contribution is 0.104. The monoisotopic (exact) mass is 316 g/mol. The first-order valence-corrected chi connectivity index (χ1v) is 8.15. The second-order valence-electron chi connectivity index (χ2n) is 6.51. The van der Waals surface area contributed by atoms with E-state index in [-0.39, 0.29) is 5.75 Å². The number of hydrogen-bond donors (Lipinski definition) is 1. The molecule has 124 valence electrons. The van der Waals surface area contributed by atoms with Crippen LogP contribution in [-0.4, -0.2) is 21.5 Å². The fourth-order valence-electron chi connectivity index (χ4n) is 3.02. The molecule has 5 nitrogen and oxygen atoms in total. The molecule has 5 heteroatoms. The van der Waals surface area contributed by atoms with Gasteiger partial charge >= 0.3 is 0 Å². The Morgan fingerprint density at radius 1 is 1.30 bits per heavy atom. The predicted molar refractivity (Wildman–Crippen MR) is 89.0 cm³/mol. The maximum absolute atomic E-state index is 10.5. The van der Waals surface area contributed by atoms with Crippen LogP contribution in [-0.2, 0) is 12.6 Å². The molecule has 0 fully saturated rings. The number of aryl methyl sites for hydroxylation is 1. The van der Waals surface area contributed by atoms with Crippen molar-refractivity contribution in [1.29, 1.82) is 0 Å². The fourth-order valence-corrected chi connectivity index (χ4v) is 3.02. The molecule has 0 atom stereocenters. The predicted octanol–water partition coefficient (Wildman–Crippen LogP) is 3.99. The third-order valence-corrected chi connectivity index (χ3v) is 4.26. The molecule has 0 saturated heterocycles. The van der Waals surface area contributed by atoms with E-state index >= 15 is 0 Å². The molecule has 1 aliphatic rings. The molecule has 0 spiro atoms. The molecule has 0 unspecified atom stereocenters. The highest BCUT2D eigenvalue weighted by molar-refractivity contribution is 5.80. The van der Waals surface area contributed by atoms with Gasteiger partial charge in [0.2, 0.25) is 0 Å². The number of unbranched alkanes of at least 4 members (excludes halogenated alkanes) is 2. The highest BCUT2D eigenvalue weighted by Gasteiger charge is 2.37. The first kappa shape index (κ1) is 15.7. The molecular weight excluding hydrogens is 292 g/mol. The number of aromatic hydroxyl groups is 1. The summed E-state index contributed by atoms with van der Waals surface area (Å²) in [7, 11) is 1.87. The summed E-state index contributed by atoms with van der Waals surface area (Å²) in [6.07, 6.45) is 5.09. The van der Waals surface area contributed by atoms with E-state index in [1.165, 1.54) is 0 Å². The number of rotatable bonds is 5. The van der Waals surface area contributed by atoms with Crippen molar-refractivity contribution in [2.45, 2.75) is 45.6 Å². The van der Waals surface area contributed by atoms with Gasteiger partial charge in [-0.25, -0.2) is 0 Å². The van der Waals surface area contributed by atoms with Gasteiger partial charge in [0.15, 0.2) is 0 Å². The molecule has 3 rings (SSSR count). The molecule has 2 aromatic rings. The second-order valence-corrected chi connectivity index (χ2v) is 6.51. The summed E-state index contributed by atoms with van der Waals surface area (Å²) in [6.45, 7) is 6.81. The minimum Gasteiger partial charge on any atom is -0.507 e. The summed E-state index contributed by atoms with van der Waals surface area (Å²) in [5, 5.41) is 14.8. The van der Waals surface area contributed by atoms with Crippen LogP contribution in [0.4, 0.5) is 0 Å². The first-order chi connectivity index (χ1) is 10.9. The van der Waals surface area contributed by atoms with E-state index < -0.39 is 5.60 Å². The van der Waals surface area contributed by atoms with Crippen LogP contribution in [0.15, 0.2) is 18.3 Å². The zero-order valence-electron chi connectivity index (χ0n) is 14.2. The molecule has 0 saturated carbocycles. The van der Waals surface area contributed by atoms with Gasteiger partial charge in [0.1, 0.15) is 22.8 Å². The van der Waals surface area contributed by atoms with E-state index in [1.54, 1.807) is 16.9 Å². The number of phenols is 1. The number of aromatic nitrogens is 2. The zero-order valence-corrected chi connectivity index (χ0v) is 14.2. The van der Waals surface area contributed by atoms with E-state index in [2.05, 4.69) is 12.0 Å². The lowest BCUT2D eigenvalue weighted by atomic mass is 9.91. The molecule has 1 aromatic heterocycles. The molecule has 1 aliphatic heterocycles. The van der Waals surface area contributed by atoms with Gasteiger partial charge in [-0.2, -0.15) is 5.10 Å². The number of nitrogens with zero attached hydrogens (tertiary/aromatic N) is 2. The van der Waals surface area contributed by atoms with Crippen LogP contribution < -0.4 is 9.47 Å². The van der Waals surface area contributed by atoms with Crippen molar-refractivity contribution in [2.24, 2.45) is 7.05 Å². The third kappa shape index (κ3) is 2.76. The van der Waals surface area contributed by atoms with Gasteiger partial charge in [0, 0.05) is 24.7 Å². The van der Waals surface area contributed by atoms with Crippen LogP contribution in [0, 0.1) is 0 Å². The van der Waals surface area contributed by atoms with Gasteiger partial charge in [-0.3, -0.25) is 4.68 Å². The Morgan fingerprint density at radius 3 is 2.83 bits per heavy atom. The average Bonchev–Trinajstić information content (AvgIpc) is 2.86. The van der Waals surface area contributed by atoms with Gasteiger partial charge in [-0.05, 0) is 20.3 Å². The summed E-state index contributed by atoms with van der Waals surface area (Å²) in [4.78, 5) is 0. The third-order valence-electron chi connectivity index (χ3n) is 4.26. The Balaban J connectivity index is 1.97. The number of ether oxygens (including phenoxy) is 2. The maximum atomic E-state index is 10.5. The summed E-state index contributed by atoms with van der Waals surface area (Å²) < 4.78 is 13.7. The fraction of sp³-hybridized carbons (Fsp3) is 0.500. The van der Waals surface area contributed by atoms with Gasteiger partial charge in [-0.1, -0.05) is 19.8 Å². The van der Waals surface area contributed by atoms with E-state index in [9.17, 15) is 5.11 Å². The zero-order chi connectivity index (χ0) is 16.6. The van der Waals surface area contributed by atoms with Gasteiger partial charge in [0.05, 0.1) is 24.1 Å². The molecule has 0 radical (unpaired) electrons. The summed E-state index contributed by atoms with van der Waals surface area (Å²) >= 11 is 0. The standard InChI is InChI=1S/C18H24N2O3/c1-5-6-7-8-22-12-9-14(21)16-15(10-12)23-18(2,3)13-11-19-20(4)17(13)16/h9-11,21H,5-8H2,1-4H3. The van der Waals surface area contributed by atoms with E-state index in [4.69, 9.17) is 9.47 Å². The number of phenolic OH excluding ortho intramolecular Hbond substituents is 1. The Bertz CT molecular complexity index is 719. The van der Waals surface area contributed by atoms with Crippen LogP contribution in [0.1, 0.15) is 45.6 Å². The van der Waals surface area contributed by atoms with Crippen LogP contribution in [0.25, 0.3) is 11.3 Å². The molecule has 23 heavy (non-hydrogen) atoms. The quantitative estimate of drug-likeness (QED) is 0.847. The second kappa shape index (κ2) is 5.80. The molecular formula is C18H24N2O3. The molecule has 1 N–H and O–H groups in total. The SMILES string of the molecule is CCCCCOc1cc(O)c2c(c1)OC(C)(C)c1cnn(C)c1-2. The molecule has 1 aromatic carbocycles. The van der Waals surface area contributed by atoms with Crippen molar-refractivity contribution in [2.75, 3.05) is 6.61 Å². The lowest BCUT2D eigenvalue weighted by Crippen LogP contribution is -2.29. The molecule has 0 amide bonds. The van der Waals surface area contributed by atoms with E-state index in [1.807, 2.05) is 27.0 Å². The van der Waals surface area contributed by atoms with Gasteiger partial charge < -0.3 is 14.6 Å². The molecule has 2 heterocycles. The summed E-state index contributed by atoms with van der Waals surface area (Å²) in [5.74, 6) is 1.43. The van der Waals surface area contributed by atoms with Crippen molar-refractivity contribution in [3.63, 3.8) is 0 Å². The van der Waals surface area contributed by atoms with Crippen molar-refractivity contribution in [3.05, 3.63) is 23.9 Å². The topological polar surface area (TPSA) is 56.5 Å². The highest BCUT2D eigenvalue weighted by Crippen LogP contribution is 2.50. The van der Waals surface area contributed by atoms with Crippen molar-refractivity contribution in [3.8, 4) is 28.5 Å². The largest absolute Gasteiger partial charge is 0.507 e. The molecule has 0 aliphatic carbocycles. The van der Waals surface area contributed by atoms with Crippen LogP contribution in [0.2, 0.25) is 0 Å². The smallest absolute Gasteiger partial charge is 0.137 e. The van der Waals surface area contributed by atoms with E-state index in [0.717, 1.165) is 30.5 Å². The normalized spacial score (nSPS) is 14.8. The minimum atomic E-state index is -0.496. The van der Waals surface area contributed by atoms with Gasteiger partial charge in [0.25, 0.3) is 0 Å². The maximum Gasteiger partial charge on any atom is 0.137 e.